The van der Waals surface area contributed by atoms with Crippen LogP contribution in [0.1, 0.15) is 90.9 Å². The van der Waals surface area contributed by atoms with Crippen molar-refractivity contribution in [3.8, 4) is 0 Å². The second kappa shape index (κ2) is 22.1. The summed E-state index contributed by atoms with van der Waals surface area (Å²) in [4.78, 5) is 19.9. The van der Waals surface area contributed by atoms with Gasteiger partial charge in [-0.15, -0.1) is 0 Å². The quantitative estimate of drug-likeness (QED) is 0.337. The number of halogens is 2. The molecule has 0 aliphatic heterocycles. The Morgan fingerprint density at radius 3 is 1.28 bits per heavy atom. The largest absolute Gasteiger partial charge is 2.00 e. The van der Waals surface area contributed by atoms with E-state index in [-0.39, 0.29) is 50.6 Å². The summed E-state index contributed by atoms with van der Waals surface area (Å²) in [5.74, 6) is -2.02. The van der Waals surface area contributed by atoms with Crippen molar-refractivity contribution >= 4 is 49.7 Å². The molecule has 0 bridgehead atoms. The van der Waals surface area contributed by atoms with Gasteiger partial charge in [-0.05, 0) is 51.4 Å². The molecule has 0 radical (unpaired) electrons. The third kappa shape index (κ3) is 29.1. The van der Waals surface area contributed by atoms with Crippen LogP contribution in [0.5, 0.6) is 0 Å². The summed E-state index contributed by atoms with van der Waals surface area (Å²) >= 11 is 0. The first-order valence-electron chi connectivity index (χ1n) is 9.01. The number of carbonyl (C=O) groups excluding carboxylic acids is 2. The molecule has 4 nitrogen and oxygen atoms in total. The smallest absolute Gasteiger partial charge is 0.550 e. The zero-order chi connectivity index (χ0) is 18.8. The Labute approximate surface area is 180 Å². The van der Waals surface area contributed by atoms with E-state index in [1.165, 1.54) is 0 Å². The van der Waals surface area contributed by atoms with Crippen LogP contribution in [0.3, 0.4) is 0 Å². The van der Waals surface area contributed by atoms with E-state index in [1.54, 1.807) is 0 Å². The Morgan fingerprint density at radius 1 is 0.720 bits per heavy atom. The van der Waals surface area contributed by atoms with Gasteiger partial charge in [0.15, 0.2) is 0 Å². The van der Waals surface area contributed by atoms with Crippen molar-refractivity contribution in [3.63, 3.8) is 0 Å². The van der Waals surface area contributed by atoms with Gasteiger partial charge in [-0.25, -0.2) is 8.78 Å². The van der Waals surface area contributed by atoms with E-state index in [0.717, 1.165) is 25.7 Å². The number of carboxylic acid groups (broad SMARTS) is 2. The zero-order valence-corrected chi connectivity index (χ0v) is 17.9. The van der Waals surface area contributed by atoms with Crippen molar-refractivity contribution in [2.75, 3.05) is 0 Å². The Bertz CT molecular complexity index is 287. The van der Waals surface area contributed by atoms with E-state index < -0.39 is 24.3 Å². The molecule has 0 saturated carbocycles. The summed E-state index contributed by atoms with van der Waals surface area (Å²) in [5, 5.41) is 19.9. The van der Waals surface area contributed by atoms with E-state index in [1.807, 2.05) is 13.8 Å². The first kappa shape index (κ1) is 29.8. The molecule has 2 atom stereocenters. The van der Waals surface area contributed by atoms with Crippen molar-refractivity contribution in [3.05, 3.63) is 0 Å². The second-order valence-corrected chi connectivity index (χ2v) is 5.95. The van der Waals surface area contributed by atoms with Crippen molar-refractivity contribution in [1.29, 1.82) is 0 Å². The van der Waals surface area contributed by atoms with Gasteiger partial charge in [-0.3, -0.25) is 0 Å². The summed E-state index contributed by atoms with van der Waals surface area (Å²) < 4.78 is 25.2. The van der Waals surface area contributed by atoms with Crippen LogP contribution in [0.4, 0.5) is 8.78 Å². The Balaban J connectivity index is -0.000000372. The van der Waals surface area contributed by atoms with Gasteiger partial charge in [-0.2, -0.15) is 0 Å². The molecule has 0 aromatic carbocycles. The molecule has 0 aliphatic carbocycles. The van der Waals surface area contributed by atoms with E-state index in [9.17, 15) is 28.6 Å². The average molecular weight is 391 g/mol. The summed E-state index contributed by atoms with van der Waals surface area (Å²) in [6, 6.07) is 0. The number of unbranched alkanes of at least 4 members (excludes halogenated alkanes) is 4. The van der Waals surface area contributed by atoms with Gasteiger partial charge in [0.25, 0.3) is 0 Å². The first-order valence-corrected chi connectivity index (χ1v) is 9.01. The molecule has 0 aliphatic rings. The number of aliphatic carboxylic acids is 2. The summed E-state index contributed by atoms with van der Waals surface area (Å²) in [6.45, 7) is 3.62. The molecule has 2 unspecified atom stereocenters. The van der Waals surface area contributed by atoms with Crippen LogP contribution in [0.2, 0.25) is 0 Å². The monoisotopic (exact) mass is 390 g/mol. The number of hydrogen-bond acceptors (Lipinski definition) is 4. The summed E-state index contributed by atoms with van der Waals surface area (Å²) in [6.07, 6.45) is 5.35. The normalized spacial score (nSPS) is 12.3. The van der Waals surface area contributed by atoms with Crippen LogP contribution in [0.15, 0.2) is 0 Å². The van der Waals surface area contributed by atoms with Crippen LogP contribution in [-0.4, -0.2) is 62.0 Å². The van der Waals surface area contributed by atoms with Crippen LogP contribution in [-0.2, 0) is 9.59 Å². The molecule has 0 heterocycles. The average Bonchev–Trinajstić information content (AvgIpc) is 2.53. The van der Waals surface area contributed by atoms with E-state index in [2.05, 4.69) is 0 Å². The third-order valence-electron chi connectivity index (χ3n) is 3.68. The number of rotatable bonds is 14. The number of carbonyl (C=O) groups is 2. The van der Waals surface area contributed by atoms with Gasteiger partial charge in [0.05, 0.1) is 12.3 Å². The van der Waals surface area contributed by atoms with Gasteiger partial charge >= 0.3 is 37.7 Å². The standard InChI is InChI=1S/2C9H17FO2.Ca/c2*1-2-8(10)6-4-3-5-7-9(11)12;/h2*8H,2-7H2,1H3,(H,11,12);/q;;+2/p-2. The molecule has 0 spiro atoms. The molecule has 0 aromatic rings. The molecule has 0 aromatic heterocycles. The molecule has 0 N–H and O–H groups in total. The van der Waals surface area contributed by atoms with Gasteiger partial charge in [-0.1, -0.05) is 39.5 Å². The Hall–Kier alpha value is 0.0597. The van der Waals surface area contributed by atoms with E-state index >= 15 is 0 Å². The predicted molar refractivity (Wildman–Crippen MR) is 92.3 cm³/mol. The molecule has 0 amide bonds. The fraction of sp³-hybridized carbons (Fsp3) is 0.889. The predicted octanol–water partition coefficient (Wildman–Crippen LogP) is 2.49. The number of alkyl halides is 2. The van der Waals surface area contributed by atoms with Gasteiger partial charge in [0.2, 0.25) is 0 Å². The molecule has 25 heavy (non-hydrogen) atoms. The number of hydrogen-bond donors (Lipinski definition) is 0. The topological polar surface area (TPSA) is 80.3 Å². The Kier molecular flexibility index (Phi) is 26.4. The van der Waals surface area contributed by atoms with Crippen molar-refractivity contribution in [2.24, 2.45) is 0 Å². The Morgan fingerprint density at radius 2 is 1.04 bits per heavy atom. The fourth-order valence-electron chi connectivity index (χ4n) is 2.03. The summed E-state index contributed by atoms with van der Waals surface area (Å²) in [5.41, 5.74) is 0. The molecule has 144 valence electrons. The third-order valence-corrected chi connectivity index (χ3v) is 3.68. The molecule has 0 fully saturated rings. The molecule has 0 rings (SSSR count). The SMILES string of the molecule is CCC(F)CCCCCC(=O)[O-].CCC(F)CCCCCC(=O)[O-].[Ca+2]. The molecular weight excluding hydrogens is 358 g/mol. The minimum absolute atomic E-state index is 0. The van der Waals surface area contributed by atoms with Crippen LogP contribution < -0.4 is 10.2 Å². The zero-order valence-electron chi connectivity index (χ0n) is 15.7. The second-order valence-electron chi connectivity index (χ2n) is 5.95. The van der Waals surface area contributed by atoms with Gasteiger partial charge in [0, 0.05) is 11.9 Å². The molecular formula is C18H32CaF2O4. The van der Waals surface area contributed by atoms with Gasteiger partial charge < -0.3 is 19.8 Å². The maximum absolute atomic E-state index is 12.6. The summed E-state index contributed by atoms with van der Waals surface area (Å²) in [7, 11) is 0. The molecule has 7 heteroatoms. The van der Waals surface area contributed by atoms with Crippen molar-refractivity contribution in [2.45, 2.75) is 103 Å². The van der Waals surface area contributed by atoms with Gasteiger partial charge in [0.1, 0.15) is 0 Å². The maximum Gasteiger partial charge on any atom is 2.00 e. The van der Waals surface area contributed by atoms with Crippen LogP contribution >= 0.6 is 0 Å². The maximum atomic E-state index is 12.6. The van der Waals surface area contributed by atoms with E-state index in [0.29, 0.717) is 38.5 Å². The van der Waals surface area contributed by atoms with Crippen molar-refractivity contribution < 1.29 is 28.6 Å². The van der Waals surface area contributed by atoms with Crippen LogP contribution in [0, 0.1) is 0 Å². The first-order chi connectivity index (χ1) is 11.3. The minimum atomic E-state index is -1.01. The van der Waals surface area contributed by atoms with Crippen molar-refractivity contribution in [1.82, 2.24) is 0 Å². The fourth-order valence-corrected chi connectivity index (χ4v) is 2.03. The molecule has 0 saturated heterocycles. The van der Waals surface area contributed by atoms with E-state index in [4.69, 9.17) is 0 Å². The van der Waals surface area contributed by atoms with Crippen LogP contribution in [0.25, 0.3) is 0 Å². The number of carboxylic acids is 2. The minimum Gasteiger partial charge on any atom is -0.550 e.